The van der Waals surface area contributed by atoms with Crippen LogP contribution < -0.4 is 24.6 Å². The van der Waals surface area contributed by atoms with Gasteiger partial charge >= 0.3 is 0 Å². The van der Waals surface area contributed by atoms with Crippen molar-refractivity contribution in [3.05, 3.63) is 60.7 Å². The van der Waals surface area contributed by atoms with Crippen LogP contribution in [0.2, 0.25) is 0 Å². The van der Waals surface area contributed by atoms with E-state index in [9.17, 15) is 0 Å². The standard InChI is InChI=1S/C12H11P.C4H10.ClHO4.Rh/c1-3-7-11(8-4-1)13-12-9-5-2-6-10-12;1-3-4-2;2-1(3,4)5;/h1-10,13H;3-4H2,1-2H3;(H,2,3,4,5);. The van der Waals surface area contributed by atoms with Crippen LogP contribution in [0.25, 0.3) is 0 Å². The van der Waals surface area contributed by atoms with E-state index in [0.29, 0.717) is 0 Å². The van der Waals surface area contributed by atoms with Crippen molar-refractivity contribution in [1.29, 1.82) is 0 Å². The molecule has 1 N–H and O–H groups in total. The molecule has 0 aliphatic heterocycles. The topological polar surface area (TPSA) is 89.4 Å². The zero-order chi connectivity index (χ0) is 16.8. The third-order valence-electron chi connectivity index (χ3n) is 2.34. The first kappa shape index (κ1) is 24.9. The molecule has 0 heterocycles. The Morgan fingerprint density at radius 1 is 0.783 bits per heavy atom. The molecule has 2 aromatic carbocycles. The predicted molar refractivity (Wildman–Crippen MR) is 83.3 cm³/mol. The molecular weight excluding hydrogens is 426 g/mol. The molecule has 1 radical (unpaired) electrons. The molecule has 0 amide bonds. The molecule has 0 aliphatic carbocycles. The van der Waals surface area contributed by atoms with Gasteiger partial charge in [-0.05, 0) is 10.6 Å². The number of unbranched alkanes of at least 4 members (excludes halogenated alkanes) is 1. The van der Waals surface area contributed by atoms with Crippen LogP contribution in [0.1, 0.15) is 26.7 Å². The van der Waals surface area contributed by atoms with Gasteiger partial charge in [0.1, 0.15) is 0 Å². The van der Waals surface area contributed by atoms with Crippen molar-refractivity contribution in [2.24, 2.45) is 0 Å². The molecule has 23 heavy (non-hydrogen) atoms. The second-order valence-corrected chi connectivity index (χ2v) is 6.45. The number of rotatable bonds is 3. The Morgan fingerprint density at radius 2 is 1.04 bits per heavy atom. The second-order valence-electron chi connectivity index (χ2n) is 4.25. The van der Waals surface area contributed by atoms with E-state index in [1.165, 1.54) is 23.5 Å². The normalized spacial score (nSPS) is 9.48. The zero-order valence-corrected chi connectivity index (χ0v) is 16.5. The summed E-state index contributed by atoms with van der Waals surface area (Å²) >= 11 is 0. The van der Waals surface area contributed by atoms with Gasteiger partial charge in [-0.15, -0.1) is 0 Å². The molecule has 0 unspecified atom stereocenters. The Hall–Kier alpha value is -0.377. The van der Waals surface area contributed by atoms with Gasteiger partial charge in [0, 0.05) is 19.5 Å². The van der Waals surface area contributed by atoms with E-state index >= 15 is 0 Å². The molecule has 0 saturated carbocycles. The maximum absolute atomic E-state index is 8.60. The molecule has 7 heteroatoms. The number of benzene rings is 2. The summed E-state index contributed by atoms with van der Waals surface area (Å²) in [6.45, 7) is 4.36. The smallest absolute Gasteiger partial charge is 0.0777 e. The minimum absolute atomic E-state index is 0. The van der Waals surface area contributed by atoms with Crippen molar-refractivity contribution in [2.75, 3.05) is 0 Å². The van der Waals surface area contributed by atoms with E-state index in [2.05, 4.69) is 74.5 Å². The Morgan fingerprint density at radius 3 is 1.26 bits per heavy atom. The average Bonchev–Trinajstić information content (AvgIpc) is 2.48. The molecule has 0 spiro atoms. The molecule has 0 fully saturated rings. The molecule has 0 atom stereocenters. The van der Waals surface area contributed by atoms with Gasteiger partial charge in [-0.1, -0.05) is 95.9 Å². The van der Waals surface area contributed by atoms with E-state index in [1.807, 2.05) is 0 Å². The molecule has 0 saturated heterocycles. The SMILES string of the molecule is CCCC.[O-][Cl+3]([O-])([O-])O.[Rh].c1ccc(Pc2ccccc2)cc1. The Balaban J connectivity index is 0. The fourth-order valence-electron chi connectivity index (χ4n) is 1.21. The third-order valence-corrected chi connectivity index (χ3v) is 3.58. The second kappa shape index (κ2) is 15.2. The van der Waals surface area contributed by atoms with Crippen LogP contribution in [-0.2, 0) is 19.5 Å². The molecule has 4 nitrogen and oxygen atoms in total. The Kier molecular flexibility index (Phi) is 16.4. The molecular formula is C16H22ClO4PRh. The molecule has 131 valence electrons. The van der Waals surface area contributed by atoms with Crippen molar-refractivity contribution in [2.45, 2.75) is 26.7 Å². The summed E-state index contributed by atoms with van der Waals surface area (Å²) in [5.74, 6) is 0. The fraction of sp³-hybridized carbons (Fsp3) is 0.250. The van der Waals surface area contributed by atoms with E-state index in [1.54, 1.807) is 0 Å². The van der Waals surface area contributed by atoms with Crippen LogP contribution in [0.15, 0.2) is 60.7 Å². The summed E-state index contributed by atoms with van der Waals surface area (Å²) in [6, 6.07) is 21.2. The molecule has 2 rings (SSSR count). The van der Waals surface area contributed by atoms with E-state index < -0.39 is 10.2 Å². The summed E-state index contributed by atoms with van der Waals surface area (Å²) < 4.78 is 32.7. The van der Waals surface area contributed by atoms with Crippen LogP contribution >= 0.6 is 8.58 Å². The van der Waals surface area contributed by atoms with Gasteiger partial charge in [0.2, 0.25) is 0 Å². The van der Waals surface area contributed by atoms with Crippen LogP contribution in [0.4, 0.5) is 0 Å². The van der Waals surface area contributed by atoms with Gasteiger partial charge in [0.25, 0.3) is 0 Å². The summed E-state index contributed by atoms with van der Waals surface area (Å²) in [5, 5.41) is 2.79. The van der Waals surface area contributed by atoms with E-state index in [-0.39, 0.29) is 19.5 Å². The first-order valence-electron chi connectivity index (χ1n) is 6.87. The van der Waals surface area contributed by atoms with Gasteiger partial charge in [-0.3, -0.25) is 0 Å². The van der Waals surface area contributed by atoms with Crippen LogP contribution in [0.3, 0.4) is 0 Å². The minimum Gasteiger partial charge on any atom is -0.183 e. The minimum atomic E-state index is -4.69. The summed E-state index contributed by atoms with van der Waals surface area (Å²) in [5.41, 5.74) is 0. The predicted octanol–water partition coefficient (Wildman–Crippen LogP) is -0.00420. The first-order chi connectivity index (χ1) is 10.4. The molecule has 0 aromatic heterocycles. The fourth-order valence-corrected chi connectivity index (χ4v) is 2.26. The van der Waals surface area contributed by atoms with Crippen molar-refractivity contribution >= 4 is 19.2 Å². The quantitative estimate of drug-likeness (QED) is 0.530. The number of hydrogen-bond donors (Lipinski definition) is 1. The molecule has 2 aromatic rings. The van der Waals surface area contributed by atoms with Crippen LogP contribution in [0, 0.1) is 10.2 Å². The van der Waals surface area contributed by atoms with Gasteiger partial charge in [-0.25, -0.2) is 0 Å². The Bertz CT molecular complexity index is 435. The van der Waals surface area contributed by atoms with Gasteiger partial charge in [-0.2, -0.15) is 14.0 Å². The van der Waals surface area contributed by atoms with Crippen LogP contribution in [-0.4, -0.2) is 4.66 Å². The number of halogens is 1. The van der Waals surface area contributed by atoms with Crippen molar-refractivity contribution in [3.63, 3.8) is 0 Å². The number of hydrogen-bond acceptors (Lipinski definition) is 4. The Labute approximate surface area is 154 Å². The average molecular weight is 448 g/mol. The van der Waals surface area contributed by atoms with Crippen molar-refractivity contribution < 1.29 is 48.4 Å². The van der Waals surface area contributed by atoms with Crippen molar-refractivity contribution in [1.82, 2.24) is 0 Å². The monoisotopic (exact) mass is 447 g/mol. The van der Waals surface area contributed by atoms with E-state index in [0.717, 1.165) is 8.58 Å². The van der Waals surface area contributed by atoms with Crippen LogP contribution in [0.5, 0.6) is 0 Å². The van der Waals surface area contributed by atoms with Crippen molar-refractivity contribution in [3.8, 4) is 0 Å². The summed E-state index contributed by atoms with van der Waals surface area (Å²) in [4.78, 5) is 0. The summed E-state index contributed by atoms with van der Waals surface area (Å²) in [6.07, 6.45) is 2.64. The third kappa shape index (κ3) is 19.6. The maximum Gasteiger partial charge on any atom is 0.0777 e. The summed E-state index contributed by atoms with van der Waals surface area (Å²) in [7, 11) is -3.92. The van der Waals surface area contributed by atoms with Gasteiger partial charge < -0.3 is 0 Å². The molecule has 0 bridgehead atoms. The van der Waals surface area contributed by atoms with Gasteiger partial charge in [0.05, 0.1) is 14.9 Å². The maximum atomic E-state index is 8.60. The van der Waals surface area contributed by atoms with Gasteiger partial charge in [0.15, 0.2) is 0 Å². The first-order valence-corrected chi connectivity index (χ1v) is 9.13. The largest absolute Gasteiger partial charge is 0.183 e. The zero-order valence-electron chi connectivity index (χ0n) is 13.1. The molecule has 0 aliphatic rings. The van der Waals surface area contributed by atoms with E-state index in [4.69, 9.17) is 18.6 Å².